The third-order valence-corrected chi connectivity index (χ3v) is 7.79. The molecule has 1 nitrogen and oxygen atoms in total. The highest BCUT2D eigenvalue weighted by molar-refractivity contribution is 6.30. The largest absolute Gasteiger partial charge is 0.377 e. The Bertz CT molecular complexity index is 568. The van der Waals surface area contributed by atoms with Crippen molar-refractivity contribution in [1.82, 2.24) is 0 Å². The first-order chi connectivity index (χ1) is 10.6. The molecule has 4 aliphatic carbocycles. The number of hydrogen-bond acceptors (Lipinski definition) is 1. The van der Waals surface area contributed by atoms with Crippen molar-refractivity contribution < 1.29 is 5.11 Å². The van der Waals surface area contributed by atoms with E-state index in [1.807, 2.05) is 11.1 Å². The third-order valence-electron chi connectivity index (χ3n) is 7.70. The van der Waals surface area contributed by atoms with Gasteiger partial charge in [-0.2, -0.15) is 0 Å². The van der Waals surface area contributed by atoms with Crippen molar-refractivity contribution in [1.29, 1.82) is 0 Å². The predicted octanol–water partition coefficient (Wildman–Crippen LogP) is 5.02. The van der Waals surface area contributed by atoms with Gasteiger partial charge < -0.3 is 5.11 Å². The van der Waals surface area contributed by atoms with Gasteiger partial charge >= 0.3 is 0 Å². The minimum atomic E-state index is -0.856. The molecule has 0 aromatic rings. The predicted molar refractivity (Wildman–Crippen MR) is 90.4 cm³/mol. The van der Waals surface area contributed by atoms with Gasteiger partial charge in [-0.3, -0.25) is 0 Å². The Morgan fingerprint density at radius 1 is 1.09 bits per heavy atom. The lowest BCUT2D eigenvalue weighted by Gasteiger charge is -2.53. The van der Waals surface area contributed by atoms with Gasteiger partial charge in [0.05, 0.1) is 0 Å². The fraction of sp³-hybridized carbons (Fsp3) is 0.800. The normalized spacial score (nSPS) is 47.1. The molecule has 0 aliphatic heterocycles. The van der Waals surface area contributed by atoms with E-state index >= 15 is 0 Å². The Morgan fingerprint density at radius 2 is 1.91 bits per heavy atom. The second kappa shape index (κ2) is 5.29. The molecule has 2 heteroatoms. The van der Waals surface area contributed by atoms with Crippen molar-refractivity contribution in [2.24, 2.45) is 23.2 Å². The van der Waals surface area contributed by atoms with E-state index in [0.29, 0.717) is 5.92 Å². The first kappa shape index (κ1) is 15.1. The minimum Gasteiger partial charge on any atom is -0.377 e. The summed E-state index contributed by atoms with van der Waals surface area (Å²) >= 11 is 5.66. The quantitative estimate of drug-likeness (QED) is 0.491. The second-order valence-electron chi connectivity index (χ2n) is 8.33. The first-order valence-electron chi connectivity index (χ1n) is 9.15. The van der Waals surface area contributed by atoms with E-state index in [4.69, 9.17) is 11.6 Å². The molecule has 4 rings (SSSR count). The number of allylic oxidation sites excluding steroid dienone is 2. The Kier molecular flexibility index (Phi) is 3.63. The summed E-state index contributed by atoms with van der Waals surface area (Å²) in [6.45, 7) is 2.28. The Labute approximate surface area is 139 Å². The van der Waals surface area contributed by atoms with E-state index in [-0.39, 0.29) is 5.41 Å². The lowest BCUT2D eigenvalue weighted by atomic mass is 9.52. The van der Waals surface area contributed by atoms with Gasteiger partial charge in [0.1, 0.15) is 5.60 Å². The molecule has 0 spiro atoms. The summed E-state index contributed by atoms with van der Waals surface area (Å²) < 4.78 is 0. The van der Waals surface area contributed by atoms with Crippen LogP contribution in [-0.2, 0) is 0 Å². The lowest BCUT2D eigenvalue weighted by molar-refractivity contribution is -0.0710. The van der Waals surface area contributed by atoms with Crippen LogP contribution in [0.5, 0.6) is 0 Å². The van der Waals surface area contributed by atoms with Crippen LogP contribution < -0.4 is 0 Å². The highest BCUT2D eigenvalue weighted by Crippen LogP contribution is 2.64. The number of aliphatic hydroxyl groups is 1. The van der Waals surface area contributed by atoms with E-state index in [1.165, 1.54) is 44.9 Å². The minimum absolute atomic E-state index is 0.0528. The van der Waals surface area contributed by atoms with Crippen LogP contribution in [0.1, 0.15) is 71.1 Å². The maximum absolute atomic E-state index is 11.1. The molecule has 0 amide bonds. The molecular formula is C20H27ClO. The fourth-order valence-corrected chi connectivity index (χ4v) is 6.64. The van der Waals surface area contributed by atoms with Crippen molar-refractivity contribution in [3.63, 3.8) is 0 Å². The maximum atomic E-state index is 11.1. The highest BCUT2D eigenvalue weighted by atomic mass is 35.5. The summed E-state index contributed by atoms with van der Waals surface area (Å²) in [6, 6.07) is 0. The van der Waals surface area contributed by atoms with Crippen LogP contribution in [0.25, 0.3) is 0 Å². The molecule has 0 saturated heterocycles. The monoisotopic (exact) mass is 318 g/mol. The Hall–Kier alpha value is -0.450. The molecule has 0 unspecified atom stereocenters. The number of rotatable bonds is 0. The molecule has 5 atom stereocenters. The topological polar surface area (TPSA) is 20.2 Å². The van der Waals surface area contributed by atoms with Crippen LogP contribution in [0.2, 0.25) is 0 Å². The average Bonchev–Trinajstić information content (AvgIpc) is 2.79. The Morgan fingerprint density at radius 3 is 2.73 bits per heavy atom. The van der Waals surface area contributed by atoms with Crippen molar-refractivity contribution in [3.05, 3.63) is 11.1 Å². The molecule has 0 bridgehead atoms. The van der Waals surface area contributed by atoms with Crippen molar-refractivity contribution in [2.45, 2.75) is 76.7 Å². The van der Waals surface area contributed by atoms with Gasteiger partial charge in [0.2, 0.25) is 0 Å². The molecule has 2 saturated carbocycles. The van der Waals surface area contributed by atoms with Crippen LogP contribution in [0.3, 0.4) is 0 Å². The SMILES string of the molecule is C[C@]12CC[C@@H]3C4=C(CCCC4)CC[C@H]3[C@@H]1CC[C@@]2(O)C#CCl. The average molecular weight is 319 g/mol. The lowest BCUT2D eigenvalue weighted by Crippen LogP contribution is -2.50. The van der Waals surface area contributed by atoms with Gasteiger partial charge in [-0.05, 0) is 93.6 Å². The molecule has 2 fully saturated rings. The second-order valence-corrected chi connectivity index (χ2v) is 8.51. The van der Waals surface area contributed by atoms with Crippen LogP contribution in [-0.4, -0.2) is 10.7 Å². The van der Waals surface area contributed by atoms with Crippen LogP contribution in [0, 0.1) is 34.5 Å². The van der Waals surface area contributed by atoms with E-state index in [1.54, 1.807) is 0 Å². The molecule has 0 radical (unpaired) electrons. The maximum Gasteiger partial charge on any atom is 0.132 e. The summed E-state index contributed by atoms with van der Waals surface area (Å²) in [6.07, 6.45) is 12.5. The number of hydrogen-bond donors (Lipinski definition) is 1. The zero-order chi connectivity index (χ0) is 15.4. The summed E-state index contributed by atoms with van der Waals surface area (Å²) in [5.74, 6) is 5.19. The van der Waals surface area contributed by atoms with Gasteiger partial charge in [-0.15, -0.1) is 0 Å². The van der Waals surface area contributed by atoms with E-state index in [9.17, 15) is 5.11 Å². The molecule has 4 aliphatic rings. The van der Waals surface area contributed by atoms with Gasteiger partial charge in [0.15, 0.2) is 0 Å². The summed E-state index contributed by atoms with van der Waals surface area (Å²) in [7, 11) is 0. The Balaban J connectivity index is 1.67. The molecule has 1 N–H and O–H groups in total. The van der Waals surface area contributed by atoms with Crippen molar-refractivity contribution in [2.75, 3.05) is 0 Å². The van der Waals surface area contributed by atoms with Gasteiger partial charge in [-0.1, -0.05) is 24.0 Å². The van der Waals surface area contributed by atoms with Crippen LogP contribution in [0.15, 0.2) is 11.1 Å². The number of halogens is 1. The van der Waals surface area contributed by atoms with Gasteiger partial charge in [0.25, 0.3) is 0 Å². The highest BCUT2D eigenvalue weighted by Gasteiger charge is 2.61. The van der Waals surface area contributed by atoms with Crippen molar-refractivity contribution >= 4 is 11.6 Å². The summed E-state index contributed by atoms with van der Waals surface area (Å²) in [5, 5.41) is 13.6. The smallest absolute Gasteiger partial charge is 0.132 e. The molecule has 0 aromatic heterocycles. The van der Waals surface area contributed by atoms with E-state index in [0.717, 1.165) is 31.1 Å². The fourth-order valence-electron chi connectivity index (χ4n) is 6.49. The third kappa shape index (κ3) is 1.96. The van der Waals surface area contributed by atoms with Gasteiger partial charge in [-0.25, -0.2) is 0 Å². The number of fused-ring (bicyclic) bond motifs is 4. The standard InChI is InChI=1S/C20H27ClO/c1-19-10-8-16-15-5-3-2-4-14(15)6-7-17(16)18(19)9-11-20(19,22)12-13-21/h16-18,22H,2-11H2,1H3/t16-,17-,18+,19+,20-/m1/s1. The molecule has 0 aromatic carbocycles. The first-order valence-corrected chi connectivity index (χ1v) is 9.53. The zero-order valence-corrected chi connectivity index (χ0v) is 14.4. The molecule has 0 heterocycles. The van der Waals surface area contributed by atoms with Crippen LogP contribution >= 0.6 is 11.6 Å². The van der Waals surface area contributed by atoms with E-state index in [2.05, 4.69) is 18.2 Å². The van der Waals surface area contributed by atoms with Gasteiger partial charge in [0, 0.05) is 10.8 Å². The zero-order valence-electron chi connectivity index (χ0n) is 13.6. The molecule has 120 valence electrons. The summed E-state index contributed by atoms with van der Waals surface area (Å²) in [5.41, 5.74) is 2.74. The molecular weight excluding hydrogens is 292 g/mol. The van der Waals surface area contributed by atoms with Crippen LogP contribution in [0.4, 0.5) is 0 Å². The summed E-state index contributed by atoms with van der Waals surface area (Å²) in [4.78, 5) is 0. The molecule has 22 heavy (non-hydrogen) atoms. The van der Waals surface area contributed by atoms with E-state index < -0.39 is 5.60 Å². The van der Waals surface area contributed by atoms with Crippen molar-refractivity contribution in [3.8, 4) is 11.3 Å².